The highest BCUT2D eigenvalue weighted by molar-refractivity contribution is 4.56. The molecule has 74 valence electrons. The van der Waals surface area contributed by atoms with Crippen molar-refractivity contribution < 1.29 is 10.2 Å². The molecule has 0 saturated carbocycles. The Morgan fingerprint density at radius 3 is 2.17 bits per heavy atom. The first kappa shape index (κ1) is 11.9. The fourth-order valence-electron chi connectivity index (χ4n) is 1.46. The summed E-state index contributed by atoms with van der Waals surface area (Å²) in [5.41, 5.74) is 0. The van der Waals surface area contributed by atoms with Crippen LogP contribution in [0.25, 0.3) is 0 Å². The number of unbranched alkanes of at least 4 members (excludes halogenated alkanes) is 2. The number of rotatable bonds is 8. The second kappa shape index (κ2) is 9.01. The van der Waals surface area contributed by atoms with Gasteiger partial charge in [-0.1, -0.05) is 32.6 Å². The third-order valence-corrected chi connectivity index (χ3v) is 2.39. The Bertz CT molecular complexity index is 83.9. The van der Waals surface area contributed by atoms with Crippen molar-refractivity contribution in [2.24, 2.45) is 5.92 Å². The predicted molar refractivity (Wildman–Crippen MR) is 51.0 cm³/mol. The Morgan fingerprint density at radius 2 is 1.67 bits per heavy atom. The molecule has 2 heteroatoms. The molecule has 1 atom stereocenters. The lowest BCUT2D eigenvalue weighted by Gasteiger charge is -2.12. The maximum Gasteiger partial charge on any atom is 0.0433 e. The van der Waals surface area contributed by atoms with Crippen LogP contribution in [-0.2, 0) is 0 Å². The first-order valence-corrected chi connectivity index (χ1v) is 5.06. The van der Waals surface area contributed by atoms with E-state index in [2.05, 4.69) is 6.92 Å². The van der Waals surface area contributed by atoms with Gasteiger partial charge >= 0.3 is 0 Å². The lowest BCUT2D eigenvalue weighted by molar-refractivity contribution is 0.243. The normalized spacial score (nSPS) is 13.2. The summed E-state index contributed by atoms with van der Waals surface area (Å²) in [6, 6.07) is 0. The smallest absolute Gasteiger partial charge is 0.0433 e. The van der Waals surface area contributed by atoms with Gasteiger partial charge in [0.15, 0.2) is 0 Å². The predicted octanol–water partition coefficient (Wildman–Crippen LogP) is 1.95. The van der Waals surface area contributed by atoms with E-state index >= 15 is 0 Å². The van der Waals surface area contributed by atoms with Crippen LogP contribution in [0.1, 0.15) is 45.4 Å². The van der Waals surface area contributed by atoms with Crippen LogP contribution in [0.5, 0.6) is 0 Å². The SMILES string of the molecule is CCC(CCO)CCCCCO. The quantitative estimate of drug-likeness (QED) is 0.552. The number of aliphatic hydroxyl groups excluding tert-OH is 2. The molecule has 0 radical (unpaired) electrons. The average molecular weight is 174 g/mol. The average Bonchev–Trinajstić information content (AvgIpc) is 2.10. The van der Waals surface area contributed by atoms with E-state index in [9.17, 15) is 0 Å². The van der Waals surface area contributed by atoms with Crippen molar-refractivity contribution in [2.75, 3.05) is 13.2 Å². The summed E-state index contributed by atoms with van der Waals surface area (Å²) in [5, 5.41) is 17.3. The molecule has 0 rings (SSSR count). The number of hydrogen-bond donors (Lipinski definition) is 2. The fraction of sp³-hybridized carbons (Fsp3) is 1.00. The van der Waals surface area contributed by atoms with Crippen LogP contribution in [0.3, 0.4) is 0 Å². The van der Waals surface area contributed by atoms with Crippen LogP contribution in [0.15, 0.2) is 0 Å². The molecule has 0 heterocycles. The van der Waals surface area contributed by atoms with Crippen LogP contribution in [0.2, 0.25) is 0 Å². The van der Waals surface area contributed by atoms with Crippen molar-refractivity contribution in [3.8, 4) is 0 Å². The molecule has 1 unspecified atom stereocenters. The molecule has 0 saturated heterocycles. The molecule has 0 aliphatic rings. The summed E-state index contributed by atoms with van der Waals surface area (Å²) in [6.07, 6.45) is 6.55. The van der Waals surface area contributed by atoms with Crippen LogP contribution in [0, 0.1) is 5.92 Å². The molecule has 0 aliphatic heterocycles. The second-order valence-corrected chi connectivity index (χ2v) is 3.36. The highest BCUT2D eigenvalue weighted by Crippen LogP contribution is 2.16. The molecule has 0 bridgehead atoms. The van der Waals surface area contributed by atoms with E-state index in [1.54, 1.807) is 0 Å². The van der Waals surface area contributed by atoms with E-state index in [0.29, 0.717) is 19.1 Å². The van der Waals surface area contributed by atoms with Gasteiger partial charge in [0.25, 0.3) is 0 Å². The van der Waals surface area contributed by atoms with E-state index in [-0.39, 0.29) is 0 Å². The van der Waals surface area contributed by atoms with Crippen LogP contribution in [-0.4, -0.2) is 23.4 Å². The highest BCUT2D eigenvalue weighted by atomic mass is 16.3. The maximum atomic E-state index is 8.73. The first-order chi connectivity index (χ1) is 5.85. The molecular formula is C10H22O2. The molecule has 0 fully saturated rings. The Hall–Kier alpha value is -0.0800. The van der Waals surface area contributed by atoms with Gasteiger partial charge in [0.1, 0.15) is 0 Å². The van der Waals surface area contributed by atoms with Crippen molar-refractivity contribution >= 4 is 0 Å². The third-order valence-electron chi connectivity index (χ3n) is 2.39. The summed E-state index contributed by atoms with van der Waals surface area (Å²) in [6.45, 7) is 2.81. The standard InChI is InChI=1S/C10H22O2/c1-2-10(7-9-12)6-4-3-5-8-11/h10-12H,2-9H2,1H3. The third kappa shape index (κ3) is 6.62. The Balaban J connectivity index is 3.19. The van der Waals surface area contributed by atoms with Crippen molar-refractivity contribution in [2.45, 2.75) is 45.4 Å². The van der Waals surface area contributed by atoms with E-state index < -0.39 is 0 Å². The first-order valence-electron chi connectivity index (χ1n) is 5.06. The Morgan fingerprint density at radius 1 is 0.917 bits per heavy atom. The van der Waals surface area contributed by atoms with E-state index in [1.807, 2.05) is 0 Å². The van der Waals surface area contributed by atoms with Gasteiger partial charge in [-0.25, -0.2) is 0 Å². The van der Waals surface area contributed by atoms with E-state index in [0.717, 1.165) is 19.3 Å². The fourth-order valence-corrected chi connectivity index (χ4v) is 1.46. The molecule has 0 spiro atoms. The topological polar surface area (TPSA) is 40.5 Å². The largest absolute Gasteiger partial charge is 0.396 e. The Labute approximate surface area is 75.6 Å². The Kier molecular flexibility index (Phi) is 8.95. The molecule has 0 aliphatic carbocycles. The minimum Gasteiger partial charge on any atom is -0.396 e. The summed E-state index contributed by atoms with van der Waals surface area (Å²) in [5.74, 6) is 0.689. The second-order valence-electron chi connectivity index (χ2n) is 3.36. The van der Waals surface area contributed by atoms with Gasteiger partial charge in [-0.05, 0) is 18.8 Å². The minimum absolute atomic E-state index is 0.316. The highest BCUT2D eigenvalue weighted by Gasteiger charge is 2.04. The van der Waals surface area contributed by atoms with E-state index in [4.69, 9.17) is 10.2 Å². The van der Waals surface area contributed by atoms with Crippen LogP contribution >= 0.6 is 0 Å². The van der Waals surface area contributed by atoms with Gasteiger partial charge in [-0.2, -0.15) is 0 Å². The molecule has 2 nitrogen and oxygen atoms in total. The number of hydrogen-bond acceptors (Lipinski definition) is 2. The molecule has 0 aromatic rings. The molecule has 0 amide bonds. The summed E-state index contributed by atoms with van der Waals surface area (Å²) in [4.78, 5) is 0. The van der Waals surface area contributed by atoms with Gasteiger partial charge in [0.05, 0.1) is 0 Å². The minimum atomic E-state index is 0.316. The molecule has 0 aromatic carbocycles. The van der Waals surface area contributed by atoms with Crippen LogP contribution < -0.4 is 0 Å². The van der Waals surface area contributed by atoms with Crippen molar-refractivity contribution in [1.29, 1.82) is 0 Å². The van der Waals surface area contributed by atoms with Gasteiger partial charge in [0.2, 0.25) is 0 Å². The lowest BCUT2D eigenvalue weighted by atomic mass is 9.96. The summed E-state index contributed by atoms with van der Waals surface area (Å²) < 4.78 is 0. The van der Waals surface area contributed by atoms with Crippen molar-refractivity contribution in [3.63, 3.8) is 0 Å². The van der Waals surface area contributed by atoms with Gasteiger partial charge in [-0.3, -0.25) is 0 Å². The van der Waals surface area contributed by atoms with Crippen molar-refractivity contribution in [3.05, 3.63) is 0 Å². The summed E-state index contributed by atoms with van der Waals surface area (Å²) in [7, 11) is 0. The molecule has 0 aromatic heterocycles. The maximum absolute atomic E-state index is 8.73. The van der Waals surface area contributed by atoms with E-state index in [1.165, 1.54) is 19.3 Å². The van der Waals surface area contributed by atoms with Gasteiger partial charge in [-0.15, -0.1) is 0 Å². The van der Waals surface area contributed by atoms with Crippen molar-refractivity contribution in [1.82, 2.24) is 0 Å². The molecular weight excluding hydrogens is 152 g/mol. The molecule has 2 N–H and O–H groups in total. The zero-order valence-electron chi connectivity index (χ0n) is 8.13. The van der Waals surface area contributed by atoms with Crippen LogP contribution in [0.4, 0.5) is 0 Å². The monoisotopic (exact) mass is 174 g/mol. The van der Waals surface area contributed by atoms with Gasteiger partial charge < -0.3 is 10.2 Å². The lowest BCUT2D eigenvalue weighted by Crippen LogP contribution is -2.01. The van der Waals surface area contributed by atoms with Gasteiger partial charge in [0, 0.05) is 13.2 Å². The molecule has 12 heavy (non-hydrogen) atoms. The zero-order chi connectivity index (χ0) is 9.23. The zero-order valence-corrected chi connectivity index (χ0v) is 8.13. The number of aliphatic hydroxyl groups is 2. The summed E-state index contributed by atoms with van der Waals surface area (Å²) >= 11 is 0.